The molecule has 66 valence electrons. The number of amides is 1. The number of aromatic nitrogens is 1. The van der Waals surface area contributed by atoms with Crippen LogP contribution in [0.3, 0.4) is 0 Å². The number of carbonyl (C=O) groups is 1. The second kappa shape index (κ2) is 4.37. The molecule has 3 nitrogen and oxygen atoms in total. The summed E-state index contributed by atoms with van der Waals surface area (Å²) in [7, 11) is 0. The van der Waals surface area contributed by atoms with Crippen LogP contribution in [0.5, 0.6) is 0 Å². The first kappa shape index (κ1) is 9.41. The summed E-state index contributed by atoms with van der Waals surface area (Å²) in [5, 5.41) is 4.43. The van der Waals surface area contributed by atoms with E-state index < -0.39 is 6.67 Å². The molecular weight excluding hydrogens is 203 g/mol. The summed E-state index contributed by atoms with van der Waals surface area (Å²) < 4.78 is 11.6. The number of nitrogens with one attached hydrogen (secondary N) is 1. The van der Waals surface area contributed by atoms with Crippen molar-refractivity contribution in [3.05, 3.63) is 15.5 Å². The van der Waals surface area contributed by atoms with Gasteiger partial charge in [-0.3, -0.25) is 4.79 Å². The fourth-order valence-electron chi connectivity index (χ4n) is 0.595. The summed E-state index contributed by atoms with van der Waals surface area (Å²) in [5.41, 5.74) is 0. The van der Waals surface area contributed by atoms with Crippen molar-refractivity contribution in [2.75, 3.05) is 13.2 Å². The Morgan fingerprint density at radius 2 is 2.58 bits per heavy atom. The number of carbonyl (C=O) groups excluding carboxylic acids is 1. The van der Waals surface area contributed by atoms with Gasteiger partial charge in [-0.15, -0.1) is 11.3 Å². The van der Waals surface area contributed by atoms with Crippen molar-refractivity contribution in [3.63, 3.8) is 0 Å². The molecule has 1 aromatic rings. The molecule has 0 radical (unpaired) electrons. The lowest BCUT2D eigenvalue weighted by Crippen LogP contribution is -2.25. The highest BCUT2D eigenvalue weighted by Gasteiger charge is 2.08. The lowest BCUT2D eigenvalue weighted by molar-refractivity contribution is 0.0950. The zero-order valence-corrected chi connectivity index (χ0v) is 7.58. The molecule has 0 saturated heterocycles. The van der Waals surface area contributed by atoms with Crippen LogP contribution in [0.15, 0.2) is 5.38 Å². The molecule has 1 heterocycles. The van der Waals surface area contributed by atoms with Gasteiger partial charge in [0.2, 0.25) is 0 Å². The predicted octanol–water partition coefficient (Wildman–Crippen LogP) is 1.50. The molecule has 0 atom stereocenters. The first-order chi connectivity index (χ1) is 5.74. The zero-order valence-electron chi connectivity index (χ0n) is 6.01. The van der Waals surface area contributed by atoms with Crippen molar-refractivity contribution in [2.45, 2.75) is 0 Å². The molecule has 0 aliphatic rings. The van der Waals surface area contributed by atoms with E-state index in [1.807, 2.05) is 0 Å². The number of hydrogen-bond donors (Lipinski definition) is 1. The highest BCUT2D eigenvalue weighted by Crippen LogP contribution is 2.13. The van der Waals surface area contributed by atoms with Gasteiger partial charge in [0.05, 0.1) is 0 Å². The fraction of sp³-hybridized carbons (Fsp3) is 0.333. The molecule has 0 unspecified atom stereocenters. The maximum Gasteiger partial charge on any atom is 0.280 e. The standard InChI is InChI=1S/C6H6ClFN2OS/c7-4-3-12-6(10-4)5(11)9-2-1-8/h3H,1-2H2,(H,9,11). The molecule has 1 amide bonds. The Morgan fingerprint density at radius 3 is 3.08 bits per heavy atom. The normalized spacial score (nSPS) is 9.83. The molecule has 0 bridgehead atoms. The molecule has 0 aliphatic carbocycles. The van der Waals surface area contributed by atoms with Gasteiger partial charge >= 0.3 is 0 Å². The summed E-state index contributed by atoms with van der Waals surface area (Å²) in [5.74, 6) is -0.385. The fourth-order valence-corrected chi connectivity index (χ4v) is 1.45. The molecule has 1 rings (SSSR count). The Balaban J connectivity index is 2.53. The lowest BCUT2D eigenvalue weighted by atomic mass is 10.6. The SMILES string of the molecule is O=C(NCCF)c1nc(Cl)cs1. The van der Waals surface area contributed by atoms with Crippen LogP contribution in [0.2, 0.25) is 5.15 Å². The molecule has 12 heavy (non-hydrogen) atoms. The molecule has 1 N–H and O–H groups in total. The van der Waals surface area contributed by atoms with Crippen molar-refractivity contribution < 1.29 is 9.18 Å². The summed E-state index contributed by atoms with van der Waals surface area (Å²) in [6.07, 6.45) is 0. The first-order valence-corrected chi connectivity index (χ1v) is 4.45. The first-order valence-electron chi connectivity index (χ1n) is 3.19. The van der Waals surface area contributed by atoms with Crippen LogP contribution in [0.4, 0.5) is 4.39 Å². The molecule has 1 aromatic heterocycles. The van der Waals surface area contributed by atoms with Crippen LogP contribution >= 0.6 is 22.9 Å². The monoisotopic (exact) mass is 208 g/mol. The second-order valence-electron chi connectivity index (χ2n) is 1.92. The van der Waals surface area contributed by atoms with Gasteiger partial charge in [-0.2, -0.15) is 0 Å². The highest BCUT2D eigenvalue weighted by molar-refractivity contribution is 7.12. The van der Waals surface area contributed by atoms with Gasteiger partial charge in [0.25, 0.3) is 5.91 Å². The molecular formula is C6H6ClFN2OS. The summed E-state index contributed by atoms with van der Waals surface area (Å²) in [6.45, 7) is -0.569. The Hall–Kier alpha value is -0.680. The minimum atomic E-state index is -0.579. The van der Waals surface area contributed by atoms with E-state index in [9.17, 15) is 9.18 Å². The Morgan fingerprint density at radius 1 is 1.83 bits per heavy atom. The Kier molecular flexibility index (Phi) is 3.43. The largest absolute Gasteiger partial charge is 0.347 e. The van der Waals surface area contributed by atoms with Gasteiger partial charge in [-0.25, -0.2) is 9.37 Å². The van der Waals surface area contributed by atoms with E-state index in [0.717, 1.165) is 11.3 Å². The number of alkyl halides is 1. The van der Waals surface area contributed by atoms with Crippen molar-refractivity contribution in [1.29, 1.82) is 0 Å². The minimum absolute atomic E-state index is 0.00995. The van der Waals surface area contributed by atoms with Crippen molar-refractivity contribution in [1.82, 2.24) is 10.3 Å². The van der Waals surface area contributed by atoms with Crippen molar-refractivity contribution >= 4 is 28.8 Å². The van der Waals surface area contributed by atoms with Gasteiger partial charge in [0.15, 0.2) is 5.01 Å². The smallest absolute Gasteiger partial charge is 0.280 e. The zero-order chi connectivity index (χ0) is 8.97. The summed E-state index contributed by atoms with van der Waals surface area (Å²) in [6, 6.07) is 0. The van der Waals surface area contributed by atoms with Gasteiger partial charge < -0.3 is 5.32 Å². The van der Waals surface area contributed by atoms with Crippen LogP contribution in [0, 0.1) is 0 Å². The van der Waals surface area contributed by atoms with Gasteiger partial charge in [-0.05, 0) is 0 Å². The number of thiazole rings is 1. The molecule has 6 heteroatoms. The molecule has 0 fully saturated rings. The van der Waals surface area contributed by atoms with E-state index in [0.29, 0.717) is 0 Å². The predicted molar refractivity (Wildman–Crippen MR) is 45.4 cm³/mol. The third-order valence-corrected chi connectivity index (χ3v) is 2.21. The molecule has 0 aromatic carbocycles. The molecule has 0 spiro atoms. The third kappa shape index (κ3) is 2.42. The third-order valence-electron chi connectivity index (χ3n) is 1.05. The maximum absolute atomic E-state index is 11.6. The van der Waals surface area contributed by atoms with Gasteiger partial charge in [0.1, 0.15) is 11.8 Å². The maximum atomic E-state index is 11.6. The minimum Gasteiger partial charge on any atom is -0.347 e. The molecule has 0 saturated carbocycles. The van der Waals surface area contributed by atoms with Crippen molar-refractivity contribution in [3.8, 4) is 0 Å². The topological polar surface area (TPSA) is 42.0 Å². The number of hydrogen-bond acceptors (Lipinski definition) is 3. The van der Waals surface area contributed by atoms with E-state index in [-0.39, 0.29) is 22.6 Å². The number of nitrogens with zero attached hydrogens (tertiary/aromatic N) is 1. The van der Waals surface area contributed by atoms with Crippen LogP contribution < -0.4 is 5.32 Å². The summed E-state index contributed by atoms with van der Waals surface area (Å²) >= 11 is 6.61. The summed E-state index contributed by atoms with van der Waals surface area (Å²) in [4.78, 5) is 14.7. The van der Waals surface area contributed by atoms with E-state index in [2.05, 4.69) is 10.3 Å². The van der Waals surface area contributed by atoms with E-state index in [1.165, 1.54) is 0 Å². The van der Waals surface area contributed by atoms with Crippen LogP contribution in [-0.2, 0) is 0 Å². The van der Waals surface area contributed by atoms with Crippen LogP contribution in [-0.4, -0.2) is 24.1 Å². The Bertz CT molecular complexity index is 278. The Labute approximate surface area is 77.6 Å². The van der Waals surface area contributed by atoms with E-state index >= 15 is 0 Å². The number of halogens is 2. The van der Waals surface area contributed by atoms with Gasteiger partial charge in [0, 0.05) is 11.9 Å². The number of rotatable bonds is 3. The second-order valence-corrected chi connectivity index (χ2v) is 3.17. The van der Waals surface area contributed by atoms with E-state index in [1.54, 1.807) is 5.38 Å². The van der Waals surface area contributed by atoms with Crippen LogP contribution in [0.1, 0.15) is 9.80 Å². The van der Waals surface area contributed by atoms with Crippen LogP contribution in [0.25, 0.3) is 0 Å². The lowest BCUT2D eigenvalue weighted by Gasteiger charge is -1.96. The molecule has 0 aliphatic heterocycles. The van der Waals surface area contributed by atoms with E-state index in [4.69, 9.17) is 11.6 Å². The van der Waals surface area contributed by atoms with Crippen molar-refractivity contribution in [2.24, 2.45) is 0 Å². The quantitative estimate of drug-likeness (QED) is 0.818. The van der Waals surface area contributed by atoms with Gasteiger partial charge in [-0.1, -0.05) is 11.6 Å². The average Bonchev–Trinajstić information content (AvgIpc) is 2.47. The highest BCUT2D eigenvalue weighted by atomic mass is 35.5. The average molecular weight is 209 g/mol.